The summed E-state index contributed by atoms with van der Waals surface area (Å²) in [6.45, 7) is 8.06. The smallest absolute Gasteiger partial charge is 0.317 e. The van der Waals surface area contributed by atoms with Crippen LogP contribution in [0.25, 0.3) is 0 Å². The van der Waals surface area contributed by atoms with Gasteiger partial charge >= 0.3 is 11.9 Å². The van der Waals surface area contributed by atoms with Gasteiger partial charge in [-0.2, -0.15) is 0 Å². The number of phenols is 1. The number of carbonyl (C=O) groups excluding carboxylic acids is 3. The first-order valence-corrected chi connectivity index (χ1v) is 9.39. The van der Waals surface area contributed by atoms with Crippen LogP contribution >= 0.6 is 0 Å². The summed E-state index contributed by atoms with van der Waals surface area (Å²) in [5.41, 5.74) is -1.34. The van der Waals surface area contributed by atoms with Gasteiger partial charge in [-0.25, -0.2) is 0 Å². The van der Waals surface area contributed by atoms with E-state index in [0.29, 0.717) is 5.56 Å². The first kappa shape index (κ1) is 21.9. The first-order chi connectivity index (χ1) is 12.9. The SMILES string of the molecule is CC(C)OC(=O)[C@@H]1C(=O)C[C@](C)(O)[C@@H](C(=O)OC(C)C)[C@H]1c1cccc(O)c1. The summed E-state index contributed by atoms with van der Waals surface area (Å²) in [5.74, 6) is -5.55. The lowest BCUT2D eigenvalue weighted by Gasteiger charge is -2.44. The Labute approximate surface area is 164 Å². The third kappa shape index (κ3) is 4.70. The zero-order chi connectivity index (χ0) is 21.2. The van der Waals surface area contributed by atoms with Crippen molar-refractivity contribution in [3.05, 3.63) is 29.8 Å². The molecular weight excluding hydrogens is 364 g/mol. The molecule has 154 valence electrons. The van der Waals surface area contributed by atoms with Gasteiger partial charge < -0.3 is 19.7 Å². The molecule has 1 aliphatic carbocycles. The van der Waals surface area contributed by atoms with Crippen LogP contribution in [-0.4, -0.2) is 45.7 Å². The van der Waals surface area contributed by atoms with Gasteiger partial charge in [0, 0.05) is 12.3 Å². The molecule has 0 heterocycles. The number of ketones is 1. The van der Waals surface area contributed by atoms with Crippen LogP contribution in [-0.2, 0) is 23.9 Å². The van der Waals surface area contributed by atoms with Crippen LogP contribution in [0.3, 0.4) is 0 Å². The highest BCUT2D eigenvalue weighted by atomic mass is 16.5. The molecule has 1 aliphatic rings. The van der Waals surface area contributed by atoms with E-state index in [-0.39, 0.29) is 12.2 Å². The van der Waals surface area contributed by atoms with Gasteiger partial charge in [-0.1, -0.05) is 12.1 Å². The molecule has 1 aromatic rings. The molecule has 1 fully saturated rings. The molecule has 1 saturated carbocycles. The summed E-state index contributed by atoms with van der Waals surface area (Å²) >= 11 is 0. The molecule has 2 rings (SSSR count). The van der Waals surface area contributed by atoms with Crippen molar-refractivity contribution in [1.82, 2.24) is 0 Å². The summed E-state index contributed by atoms with van der Waals surface area (Å²) in [4.78, 5) is 38.4. The third-order valence-electron chi connectivity index (χ3n) is 4.73. The Kier molecular flexibility index (Phi) is 6.49. The first-order valence-electron chi connectivity index (χ1n) is 9.39. The van der Waals surface area contributed by atoms with Crippen LogP contribution in [0, 0.1) is 11.8 Å². The number of Topliss-reactive ketones (excluding diaryl/α,β-unsaturated/α-hetero) is 1. The lowest BCUT2D eigenvalue weighted by atomic mass is 9.61. The van der Waals surface area contributed by atoms with E-state index in [9.17, 15) is 24.6 Å². The van der Waals surface area contributed by atoms with Crippen molar-refractivity contribution < 1.29 is 34.1 Å². The van der Waals surface area contributed by atoms with Crippen LogP contribution in [0.2, 0.25) is 0 Å². The van der Waals surface area contributed by atoms with Crippen molar-refractivity contribution in [2.45, 2.75) is 64.8 Å². The predicted molar refractivity (Wildman–Crippen MR) is 101 cm³/mol. The lowest BCUT2D eigenvalue weighted by Crippen LogP contribution is -2.55. The molecule has 0 amide bonds. The highest BCUT2D eigenvalue weighted by Gasteiger charge is 2.57. The fraction of sp³-hybridized carbons (Fsp3) is 0.571. The number of benzene rings is 1. The Hall–Kier alpha value is -2.41. The predicted octanol–water partition coefficient (Wildman–Crippen LogP) is 2.34. The molecule has 1 aromatic carbocycles. The van der Waals surface area contributed by atoms with Gasteiger partial charge in [0.15, 0.2) is 5.78 Å². The zero-order valence-electron chi connectivity index (χ0n) is 16.8. The number of esters is 2. The van der Waals surface area contributed by atoms with E-state index < -0.39 is 53.3 Å². The fourth-order valence-corrected chi connectivity index (χ4v) is 3.76. The maximum atomic E-state index is 12.9. The Bertz CT molecular complexity index is 743. The fourth-order valence-electron chi connectivity index (χ4n) is 3.76. The van der Waals surface area contributed by atoms with Crippen LogP contribution in [0.5, 0.6) is 5.75 Å². The molecule has 2 N–H and O–H groups in total. The van der Waals surface area contributed by atoms with Gasteiger partial charge in [-0.05, 0) is 52.3 Å². The molecule has 7 nitrogen and oxygen atoms in total. The summed E-state index contributed by atoms with van der Waals surface area (Å²) < 4.78 is 10.6. The molecule has 0 saturated heterocycles. The van der Waals surface area contributed by atoms with E-state index in [1.807, 2.05) is 0 Å². The number of hydrogen-bond donors (Lipinski definition) is 2. The minimum Gasteiger partial charge on any atom is -0.508 e. The molecule has 4 atom stereocenters. The summed E-state index contributed by atoms with van der Waals surface area (Å²) in [7, 11) is 0. The Balaban J connectivity index is 2.61. The third-order valence-corrected chi connectivity index (χ3v) is 4.73. The van der Waals surface area contributed by atoms with E-state index in [0.717, 1.165) is 0 Å². The van der Waals surface area contributed by atoms with Crippen molar-refractivity contribution in [3.63, 3.8) is 0 Å². The highest BCUT2D eigenvalue weighted by molar-refractivity contribution is 6.02. The number of rotatable bonds is 5. The largest absolute Gasteiger partial charge is 0.508 e. The Morgan fingerprint density at radius 1 is 1.11 bits per heavy atom. The standard InChI is InChI=1S/C21H28O7/c1-11(2)27-19(24)17-15(23)10-21(5,26)18(20(25)28-12(3)4)16(17)13-7-6-8-14(22)9-13/h6-9,11-12,16-18,22,26H,10H2,1-5H3/t16-,17+,18+,21-/m0/s1. The second-order valence-electron chi connectivity index (χ2n) is 8.05. The topological polar surface area (TPSA) is 110 Å². The maximum Gasteiger partial charge on any atom is 0.317 e. The lowest BCUT2D eigenvalue weighted by molar-refractivity contribution is -0.176. The molecule has 0 aromatic heterocycles. The maximum absolute atomic E-state index is 12.9. The number of aromatic hydroxyl groups is 1. The Morgan fingerprint density at radius 3 is 2.21 bits per heavy atom. The second-order valence-corrected chi connectivity index (χ2v) is 8.05. The zero-order valence-corrected chi connectivity index (χ0v) is 16.8. The number of ether oxygens (including phenoxy) is 2. The van der Waals surface area contributed by atoms with Gasteiger partial charge in [0.1, 0.15) is 11.7 Å². The molecule has 0 bridgehead atoms. The minimum atomic E-state index is -1.71. The van der Waals surface area contributed by atoms with Gasteiger partial charge in [0.2, 0.25) is 0 Å². The normalized spacial score (nSPS) is 27.7. The minimum absolute atomic E-state index is 0.0814. The van der Waals surface area contributed by atoms with Crippen molar-refractivity contribution in [2.75, 3.05) is 0 Å². The quantitative estimate of drug-likeness (QED) is 0.584. The molecule has 0 spiro atoms. The van der Waals surface area contributed by atoms with Crippen molar-refractivity contribution in [3.8, 4) is 5.75 Å². The van der Waals surface area contributed by atoms with Crippen molar-refractivity contribution >= 4 is 17.7 Å². The summed E-state index contributed by atoms with van der Waals surface area (Å²) in [6.07, 6.45) is -1.27. The number of phenolic OH excluding ortho intramolecular Hbond substituents is 1. The average Bonchev–Trinajstić information content (AvgIpc) is 2.51. The summed E-state index contributed by atoms with van der Waals surface area (Å²) in [5, 5.41) is 20.8. The van der Waals surface area contributed by atoms with Gasteiger partial charge in [-0.3, -0.25) is 14.4 Å². The molecule has 0 aliphatic heterocycles. The van der Waals surface area contributed by atoms with Gasteiger partial charge in [0.25, 0.3) is 0 Å². The van der Waals surface area contributed by atoms with Gasteiger partial charge in [-0.15, -0.1) is 0 Å². The molecular formula is C21H28O7. The van der Waals surface area contributed by atoms with E-state index in [1.54, 1.807) is 39.8 Å². The molecule has 0 radical (unpaired) electrons. The molecule has 0 unspecified atom stereocenters. The number of aliphatic hydroxyl groups is 1. The number of hydrogen-bond acceptors (Lipinski definition) is 7. The average molecular weight is 392 g/mol. The molecule has 7 heteroatoms. The molecule has 28 heavy (non-hydrogen) atoms. The van der Waals surface area contributed by atoms with E-state index in [2.05, 4.69) is 0 Å². The van der Waals surface area contributed by atoms with Crippen LogP contribution < -0.4 is 0 Å². The summed E-state index contributed by atoms with van der Waals surface area (Å²) in [6, 6.07) is 5.97. The van der Waals surface area contributed by atoms with Crippen molar-refractivity contribution in [1.29, 1.82) is 0 Å². The van der Waals surface area contributed by atoms with E-state index in [1.165, 1.54) is 19.1 Å². The highest BCUT2D eigenvalue weighted by Crippen LogP contribution is 2.47. The van der Waals surface area contributed by atoms with E-state index >= 15 is 0 Å². The van der Waals surface area contributed by atoms with Crippen LogP contribution in [0.4, 0.5) is 0 Å². The number of carbonyl (C=O) groups is 3. The van der Waals surface area contributed by atoms with Gasteiger partial charge in [0.05, 0.1) is 23.7 Å². The van der Waals surface area contributed by atoms with E-state index in [4.69, 9.17) is 9.47 Å². The van der Waals surface area contributed by atoms with Crippen LogP contribution in [0.1, 0.15) is 52.5 Å². The van der Waals surface area contributed by atoms with Crippen LogP contribution in [0.15, 0.2) is 24.3 Å². The van der Waals surface area contributed by atoms with Crippen molar-refractivity contribution in [2.24, 2.45) is 11.8 Å². The Morgan fingerprint density at radius 2 is 1.68 bits per heavy atom. The second kappa shape index (κ2) is 8.31. The monoisotopic (exact) mass is 392 g/mol.